The van der Waals surface area contributed by atoms with E-state index in [0.717, 1.165) is 5.56 Å². The van der Waals surface area contributed by atoms with Gasteiger partial charge in [-0.15, -0.1) is 0 Å². The Morgan fingerprint density at radius 2 is 1.62 bits per heavy atom. The smallest absolute Gasteiger partial charge is 0.408 e. The van der Waals surface area contributed by atoms with Gasteiger partial charge in [0.15, 0.2) is 9.84 Å². The summed E-state index contributed by atoms with van der Waals surface area (Å²) in [6.45, 7) is 12.8. The van der Waals surface area contributed by atoms with Gasteiger partial charge < -0.3 is 14.8 Å². The van der Waals surface area contributed by atoms with E-state index in [-0.39, 0.29) is 11.3 Å². The van der Waals surface area contributed by atoms with Gasteiger partial charge in [0.25, 0.3) is 0 Å². The lowest BCUT2D eigenvalue weighted by atomic mass is 10.1. The highest BCUT2D eigenvalue weighted by molar-refractivity contribution is 7.96. The van der Waals surface area contributed by atoms with E-state index < -0.39 is 44.9 Å². The molecule has 1 aromatic rings. The maximum Gasteiger partial charge on any atom is 0.408 e. The van der Waals surface area contributed by atoms with Crippen LogP contribution in [0.3, 0.4) is 0 Å². The van der Waals surface area contributed by atoms with Gasteiger partial charge in [-0.2, -0.15) is 0 Å². The molecule has 0 aliphatic carbocycles. The van der Waals surface area contributed by atoms with Crippen LogP contribution in [0.25, 0.3) is 0 Å². The van der Waals surface area contributed by atoms with Gasteiger partial charge in [0.05, 0.1) is 9.65 Å². The van der Waals surface area contributed by atoms with E-state index in [4.69, 9.17) is 9.47 Å². The molecule has 0 radical (unpaired) electrons. The van der Waals surface area contributed by atoms with Crippen LogP contribution in [-0.4, -0.2) is 43.5 Å². The molecule has 7 nitrogen and oxygen atoms in total. The van der Waals surface area contributed by atoms with Gasteiger partial charge in [-0.05, 0) is 47.1 Å². The zero-order valence-electron chi connectivity index (χ0n) is 17.9. The zero-order chi connectivity index (χ0) is 22.5. The van der Waals surface area contributed by atoms with E-state index in [1.165, 1.54) is 20.8 Å². The molecule has 8 heteroatoms. The number of hydrogen-bond acceptors (Lipinski definition) is 6. The first-order chi connectivity index (χ1) is 13.1. The number of nitrogens with one attached hydrogen (secondary N) is 1. The molecule has 0 saturated carbocycles. The first-order valence-electron chi connectivity index (χ1n) is 9.26. The van der Waals surface area contributed by atoms with Crippen molar-refractivity contribution in [1.29, 1.82) is 0 Å². The quantitative estimate of drug-likeness (QED) is 0.672. The molecular weight excluding hydrogens is 394 g/mol. The molecule has 29 heavy (non-hydrogen) atoms. The van der Waals surface area contributed by atoms with Crippen LogP contribution in [0, 0.1) is 0 Å². The number of carbonyl (C=O) groups is 2. The molecule has 0 saturated heterocycles. The number of esters is 1. The van der Waals surface area contributed by atoms with Crippen molar-refractivity contribution in [3.63, 3.8) is 0 Å². The van der Waals surface area contributed by atoms with Gasteiger partial charge in [-0.25, -0.2) is 18.0 Å². The number of hydrogen-bond donors (Lipinski definition) is 1. The fourth-order valence-electron chi connectivity index (χ4n) is 2.26. The predicted molar refractivity (Wildman–Crippen MR) is 112 cm³/mol. The van der Waals surface area contributed by atoms with E-state index in [0.29, 0.717) is 0 Å². The molecule has 0 aliphatic rings. The minimum atomic E-state index is -3.68. The van der Waals surface area contributed by atoms with Crippen LogP contribution >= 0.6 is 0 Å². The second-order valence-corrected chi connectivity index (χ2v) is 11.5. The lowest BCUT2D eigenvalue weighted by molar-refractivity contribution is -0.157. The van der Waals surface area contributed by atoms with Crippen LogP contribution in [0.4, 0.5) is 4.79 Å². The number of rotatable bonds is 7. The molecule has 0 fully saturated rings. The Balaban J connectivity index is 2.83. The van der Waals surface area contributed by atoms with Crippen LogP contribution in [-0.2, 0) is 30.5 Å². The van der Waals surface area contributed by atoms with E-state index in [2.05, 4.69) is 11.9 Å². The third-order valence-corrected chi connectivity index (χ3v) is 6.31. The lowest BCUT2D eigenvalue weighted by Crippen LogP contribution is -2.46. The van der Waals surface area contributed by atoms with Crippen molar-refractivity contribution in [1.82, 2.24) is 5.32 Å². The normalized spacial score (nSPS) is 13.3. The first-order valence-corrected chi connectivity index (χ1v) is 10.7. The van der Waals surface area contributed by atoms with Crippen molar-refractivity contribution in [2.75, 3.05) is 6.61 Å². The minimum Gasteiger partial charge on any atom is -0.458 e. The average Bonchev–Trinajstić information content (AvgIpc) is 2.57. The van der Waals surface area contributed by atoms with E-state index in [1.54, 1.807) is 20.8 Å². The standard InChI is InChI=1S/C21H31NO6S/c1-15(29(25,26)21(5,6)7)14-27-19(24)22-17(18(23)28-20(2,3)4)13-16-11-9-8-10-12-16/h8-12,17H,1,13-14H2,2-7H3,(H,22,24)/t17-/m0/s1. The highest BCUT2D eigenvalue weighted by Gasteiger charge is 2.33. The van der Waals surface area contributed by atoms with Crippen molar-refractivity contribution in [3.05, 3.63) is 47.4 Å². The monoisotopic (exact) mass is 425 g/mol. The molecule has 0 spiro atoms. The number of amides is 1. The van der Waals surface area contributed by atoms with Crippen molar-refractivity contribution in [2.24, 2.45) is 0 Å². The third-order valence-electron chi connectivity index (χ3n) is 3.82. The summed E-state index contributed by atoms with van der Waals surface area (Å²) >= 11 is 0. The minimum absolute atomic E-state index is 0.200. The van der Waals surface area contributed by atoms with Gasteiger partial charge in [0.2, 0.25) is 0 Å². The Morgan fingerprint density at radius 3 is 2.10 bits per heavy atom. The SMILES string of the molecule is C=C(COC(=O)N[C@@H](Cc1ccccc1)C(=O)OC(C)(C)C)S(=O)(=O)C(C)(C)C. The Kier molecular flexibility index (Phi) is 8.03. The second-order valence-electron chi connectivity index (χ2n) is 8.65. The molecule has 162 valence electrons. The van der Waals surface area contributed by atoms with Crippen LogP contribution in [0.5, 0.6) is 0 Å². The Bertz CT molecular complexity index is 832. The molecule has 1 aromatic carbocycles. The van der Waals surface area contributed by atoms with Crippen LogP contribution < -0.4 is 5.32 Å². The average molecular weight is 426 g/mol. The summed E-state index contributed by atoms with van der Waals surface area (Å²) in [7, 11) is -3.68. The van der Waals surface area contributed by atoms with E-state index >= 15 is 0 Å². The molecule has 1 atom stereocenters. The maximum absolute atomic E-state index is 12.5. The Labute approximate surface area is 173 Å². The summed E-state index contributed by atoms with van der Waals surface area (Å²) < 4.78 is 33.9. The van der Waals surface area contributed by atoms with Crippen LogP contribution in [0.1, 0.15) is 47.1 Å². The Morgan fingerprint density at radius 1 is 1.07 bits per heavy atom. The summed E-state index contributed by atoms with van der Waals surface area (Å²) in [5.74, 6) is -0.612. The van der Waals surface area contributed by atoms with Crippen molar-refractivity contribution >= 4 is 21.9 Å². The highest BCUT2D eigenvalue weighted by atomic mass is 32.2. The lowest BCUT2D eigenvalue weighted by Gasteiger charge is -2.25. The van der Waals surface area contributed by atoms with Gasteiger partial charge in [0, 0.05) is 6.42 Å². The predicted octanol–water partition coefficient (Wildman–Crippen LogP) is 3.39. The molecule has 1 rings (SSSR count). The number of carbonyl (C=O) groups excluding carboxylic acids is 2. The number of sulfone groups is 1. The summed E-state index contributed by atoms with van der Waals surface area (Å²) in [4.78, 5) is 24.5. The highest BCUT2D eigenvalue weighted by Crippen LogP contribution is 2.22. The first kappa shape index (κ1) is 24.7. The van der Waals surface area contributed by atoms with Gasteiger partial charge >= 0.3 is 12.1 Å². The number of ether oxygens (including phenoxy) is 2. The molecule has 0 aromatic heterocycles. The van der Waals surface area contributed by atoms with E-state index in [1.807, 2.05) is 30.3 Å². The molecule has 1 amide bonds. The molecule has 0 heterocycles. The van der Waals surface area contributed by atoms with Gasteiger partial charge in [-0.3, -0.25) is 0 Å². The van der Waals surface area contributed by atoms with Gasteiger partial charge in [0.1, 0.15) is 18.2 Å². The number of benzene rings is 1. The number of alkyl carbamates (subject to hydrolysis) is 1. The van der Waals surface area contributed by atoms with E-state index in [9.17, 15) is 18.0 Å². The van der Waals surface area contributed by atoms with Crippen LogP contribution in [0.15, 0.2) is 41.8 Å². The molecule has 1 N–H and O–H groups in total. The molecule has 0 bridgehead atoms. The van der Waals surface area contributed by atoms with Crippen LogP contribution in [0.2, 0.25) is 0 Å². The zero-order valence-corrected chi connectivity index (χ0v) is 18.8. The Hall–Kier alpha value is -2.35. The maximum atomic E-state index is 12.5. The topological polar surface area (TPSA) is 98.8 Å². The molecular formula is C21H31NO6S. The van der Waals surface area contributed by atoms with Crippen molar-refractivity contribution in [3.8, 4) is 0 Å². The molecule has 0 aliphatic heterocycles. The van der Waals surface area contributed by atoms with Crippen molar-refractivity contribution < 1.29 is 27.5 Å². The largest absolute Gasteiger partial charge is 0.458 e. The fraction of sp³-hybridized carbons (Fsp3) is 0.524. The van der Waals surface area contributed by atoms with Gasteiger partial charge in [-0.1, -0.05) is 36.9 Å². The summed E-state index contributed by atoms with van der Waals surface area (Å²) in [6.07, 6.45) is -0.728. The summed E-state index contributed by atoms with van der Waals surface area (Å²) in [5.41, 5.74) is 0.0931. The second kappa shape index (κ2) is 9.43. The third kappa shape index (κ3) is 7.89. The fourth-order valence-corrected chi connectivity index (χ4v) is 3.34. The summed E-state index contributed by atoms with van der Waals surface area (Å²) in [5, 5.41) is 2.46. The summed E-state index contributed by atoms with van der Waals surface area (Å²) in [6, 6.07) is 8.14. The molecule has 0 unspecified atom stereocenters. The van der Waals surface area contributed by atoms with Crippen molar-refractivity contribution in [2.45, 2.75) is 64.4 Å².